The predicted octanol–water partition coefficient (Wildman–Crippen LogP) is 5.01. The number of carbonyl (C=O) groups excluding carboxylic acids is 3. The van der Waals surface area contributed by atoms with Gasteiger partial charge in [0, 0.05) is 11.1 Å². The molecule has 0 aliphatic carbocycles. The number of hydrogen-bond donors (Lipinski definition) is 1. The Morgan fingerprint density at radius 1 is 1.21 bits per heavy atom. The van der Waals surface area contributed by atoms with E-state index in [-0.39, 0.29) is 42.0 Å². The Labute approximate surface area is 192 Å². The number of imide groups is 1. The molecule has 8 nitrogen and oxygen atoms in total. The normalized spacial score (nSPS) is 14.1. The third-order valence-electron chi connectivity index (χ3n) is 4.61. The number of halogens is 3. The first-order chi connectivity index (χ1) is 15.7. The maximum absolute atomic E-state index is 12.9. The minimum absolute atomic E-state index is 0.0101. The fourth-order valence-electron chi connectivity index (χ4n) is 3.06. The van der Waals surface area contributed by atoms with E-state index < -0.39 is 23.5 Å². The van der Waals surface area contributed by atoms with Crippen LogP contribution in [0.5, 0.6) is 0 Å². The summed E-state index contributed by atoms with van der Waals surface area (Å²) in [6.07, 6.45) is 3.84. The molecule has 0 spiro atoms. The Bertz CT molecular complexity index is 1020. The van der Waals surface area contributed by atoms with Crippen LogP contribution >= 0.6 is 11.8 Å². The first-order valence-electron chi connectivity index (χ1n) is 10.0. The molecule has 1 aliphatic heterocycles. The van der Waals surface area contributed by atoms with Gasteiger partial charge < -0.3 is 9.64 Å². The van der Waals surface area contributed by atoms with Crippen molar-refractivity contribution >= 4 is 41.2 Å². The Morgan fingerprint density at radius 3 is 2.61 bits per heavy atom. The SMILES string of the molecule is CCCCOC(=O)Nc1cnccc1CN1CC(=O)N(c2ccc(SC(F)(F)F)cc2)C1=O. The van der Waals surface area contributed by atoms with Crippen molar-refractivity contribution in [1.29, 1.82) is 0 Å². The van der Waals surface area contributed by atoms with E-state index in [1.54, 1.807) is 6.07 Å². The second kappa shape index (κ2) is 10.6. The zero-order valence-corrected chi connectivity index (χ0v) is 18.4. The minimum atomic E-state index is -4.43. The molecule has 1 fully saturated rings. The Hall–Kier alpha value is -3.28. The number of benzene rings is 1. The van der Waals surface area contributed by atoms with Crippen molar-refractivity contribution in [3.8, 4) is 0 Å². The highest BCUT2D eigenvalue weighted by atomic mass is 32.2. The standard InChI is InChI=1S/C21H21F3N4O4S/c1-2-3-10-32-19(30)26-17-11-25-9-8-14(17)12-27-13-18(29)28(20(27)31)15-4-6-16(7-5-15)33-21(22,23)24/h4-9,11H,2-3,10,12-13H2,1H3,(H,26,30). The van der Waals surface area contributed by atoms with Gasteiger partial charge in [0.2, 0.25) is 0 Å². The summed E-state index contributed by atoms with van der Waals surface area (Å²) in [6, 6.07) is 5.96. The number of urea groups is 1. The molecule has 0 unspecified atom stereocenters. The Balaban J connectivity index is 1.69. The number of aromatic nitrogens is 1. The van der Waals surface area contributed by atoms with Gasteiger partial charge in [-0.25, -0.2) is 14.5 Å². The molecule has 2 aromatic rings. The lowest BCUT2D eigenvalue weighted by molar-refractivity contribution is -0.116. The van der Waals surface area contributed by atoms with Crippen LogP contribution in [0.2, 0.25) is 0 Å². The molecule has 0 saturated carbocycles. The molecule has 176 valence electrons. The number of alkyl halides is 3. The van der Waals surface area contributed by atoms with Gasteiger partial charge in [-0.05, 0) is 54.1 Å². The van der Waals surface area contributed by atoms with E-state index in [9.17, 15) is 27.6 Å². The fourth-order valence-corrected chi connectivity index (χ4v) is 3.60. The molecule has 3 rings (SSSR count). The van der Waals surface area contributed by atoms with Crippen LogP contribution < -0.4 is 10.2 Å². The number of hydrogen-bond acceptors (Lipinski definition) is 6. The van der Waals surface area contributed by atoms with Gasteiger partial charge in [0.15, 0.2) is 0 Å². The number of unbranched alkanes of at least 4 members (excludes halogenated alkanes) is 1. The summed E-state index contributed by atoms with van der Waals surface area (Å²) in [7, 11) is 0. The number of amides is 4. The van der Waals surface area contributed by atoms with Gasteiger partial charge in [-0.2, -0.15) is 13.2 Å². The molecule has 1 saturated heterocycles. The number of anilines is 2. The molecule has 2 heterocycles. The van der Waals surface area contributed by atoms with E-state index in [2.05, 4.69) is 10.3 Å². The summed E-state index contributed by atoms with van der Waals surface area (Å²) in [5, 5.41) is 2.58. The lowest BCUT2D eigenvalue weighted by Crippen LogP contribution is -2.33. The van der Waals surface area contributed by atoms with Crippen molar-refractivity contribution < 1.29 is 32.3 Å². The van der Waals surface area contributed by atoms with E-state index in [0.29, 0.717) is 11.3 Å². The van der Waals surface area contributed by atoms with Crippen LogP contribution in [0.4, 0.5) is 34.1 Å². The topological polar surface area (TPSA) is 91.8 Å². The first-order valence-corrected chi connectivity index (χ1v) is 10.8. The molecule has 0 atom stereocenters. The maximum atomic E-state index is 12.9. The number of ether oxygens (including phenoxy) is 1. The highest BCUT2D eigenvalue weighted by molar-refractivity contribution is 8.00. The fraction of sp³-hybridized carbons (Fsp3) is 0.333. The largest absolute Gasteiger partial charge is 0.449 e. The van der Waals surface area contributed by atoms with Crippen LogP contribution in [0.15, 0.2) is 47.6 Å². The zero-order chi connectivity index (χ0) is 24.0. The summed E-state index contributed by atoms with van der Waals surface area (Å²) in [4.78, 5) is 43.4. The molecular weight excluding hydrogens is 461 g/mol. The molecule has 4 amide bonds. The van der Waals surface area contributed by atoms with Crippen molar-refractivity contribution in [2.75, 3.05) is 23.4 Å². The van der Waals surface area contributed by atoms with Crippen LogP contribution in [-0.4, -0.2) is 46.6 Å². The molecule has 0 bridgehead atoms. The number of thioether (sulfide) groups is 1. The van der Waals surface area contributed by atoms with Gasteiger partial charge in [0.1, 0.15) is 6.54 Å². The van der Waals surface area contributed by atoms with Crippen molar-refractivity contribution in [3.05, 3.63) is 48.3 Å². The first kappa shape index (κ1) is 24.4. The third kappa shape index (κ3) is 6.60. The average Bonchev–Trinajstić information content (AvgIpc) is 3.02. The highest BCUT2D eigenvalue weighted by Crippen LogP contribution is 2.37. The number of nitrogens with one attached hydrogen (secondary N) is 1. The van der Waals surface area contributed by atoms with Crippen molar-refractivity contribution in [3.63, 3.8) is 0 Å². The van der Waals surface area contributed by atoms with E-state index >= 15 is 0 Å². The van der Waals surface area contributed by atoms with Gasteiger partial charge in [-0.3, -0.25) is 15.1 Å². The second-order valence-corrected chi connectivity index (χ2v) is 8.20. The van der Waals surface area contributed by atoms with E-state index in [1.807, 2.05) is 6.92 Å². The highest BCUT2D eigenvalue weighted by Gasteiger charge is 2.37. The number of rotatable bonds is 8. The van der Waals surface area contributed by atoms with Crippen molar-refractivity contribution in [1.82, 2.24) is 9.88 Å². The van der Waals surface area contributed by atoms with Crippen molar-refractivity contribution in [2.24, 2.45) is 0 Å². The monoisotopic (exact) mass is 482 g/mol. The molecule has 33 heavy (non-hydrogen) atoms. The molecule has 1 N–H and O–H groups in total. The number of carbonyl (C=O) groups is 3. The molecule has 12 heteroatoms. The van der Waals surface area contributed by atoms with Crippen molar-refractivity contribution in [2.45, 2.75) is 36.7 Å². The van der Waals surface area contributed by atoms with Crippen LogP contribution in [0.1, 0.15) is 25.3 Å². The van der Waals surface area contributed by atoms with Crippen LogP contribution in [0, 0.1) is 0 Å². The van der Waals surface area contributed by atoms with Gasteiger partial charge in [0.05, 0.1) is 30.7 Å². The second-order valence-electron chi connectivity index (χ2n) is 7.06. The maximum Gasteiger partial charge on any atom is 0.446 e. The summed E-state index contributed by atoms with van der Waals surface area (Å²) >= 11 is -0.281. The minimum Gasteiger partial charge on any atom is -0.449 e. The number of nitrogens with zero attached hydrogens (tertiary/aromatic N) is 3. The van der Waals surface area contributed by atoms with Gasteiger partial charge in [-0.15, -0.1) is 0 Å². The van der Waals surface area contributed by atoms with Gasteiger partial charge >= 0.3 is 17.6 Å². The van der Waals surface area contributed by atoms with Crippen LogP contribution in [-0.2, 0) is 16.1 Å². The molecule has 1 aliphatic rings. The van der Waals surface area contributed by atoms with Crippen LogP contribution in [0.25, 0.3) is 0 Å². The zero-order valence-electron chi connectivity index (χ0n) is 17.6. The lowest BCUT2D eigenvalue weighted by atomic mass is 10.2. The third-order valence-corrected chi connectivity index (χ3v) is 5.35. The predicted molar refractivity (Wildman–Crippen MR) is 116 cm³/mol. The average molecular weight is 482 g/mol. The van der Waals surface area contributed by atoms with E-state index in [0.717, 1.165) is 17.7 Å². The molecule has 1 aromatic heterocycles. The molecule has 0 radical (unpaired) electrons. The summed E-state index contributed by atoms with van der Waals surface area (Å²) in [6.45, 7) is 2.02. The summed E-state index contributed by atoms with van der Waals surface area (Å²) in [5.74, 6) is -0.515. The van der Waals surface area contributed by atoms with E-state index in [4.69, 9.17) is 4.74 Å². The number of pyridine rings is 1. The van der Waals surface area contributed by atoms with E-state index in [1.165, 1.54) is 41.6 Å². The molecular formula is C21H21F3N4O4S. The van der Waals surface area contributed by atoms with Crippen LogP contribution in [0.3, 0.4) is 0 Å². The summed E-state index contributed by atoms with van der Waals surface area (Å²) in [5.41, 5.74) is -3.38. The summed E-state index contributed by atoms with van der Waals surface area (Å²) < 4.78 is 42.6. The quantitative estimate of drug-likeness (QED) is 0.323. The van der Waals surface area contributed by atoms with Gasteiger partial charge in [-0.1, -0.05) is 13.3 Å². The lowest BCUT2D eigenvalue weighted by Gasteiger charge is -2.19. The van der Waals surface area contributed by atoms with Gasteiger partial charge in [0.25, 0.3) is 5.91 Å². The molecule has 1 aromatic carbocycles. The Kier molecular flexibility index (Phi) is 7.79. The smallest absolute Gasteiger partial charge is 0.446 e. The Morgan fingerprint density at radius 2 is 1.94 bits per heavy atom.